The third-order valence-electron chi connectivity index (χ3n) is 6.50. The highest BCUT2D eigenvalue weighted by atomic mass is 32.2. The summed E-state index contributed by atoms with van der Waals surface area (Å²) in [5.41, 5.74) is 4.81. The van der Waals surface area contributed by atoms with Gasteiger partial charge in [-0.25, -0.2) is 18.7 Å². The molecule has 1 aromatic heterocycles. The number of aliphatic imine (C=N–C) groups is 1. The molecule has 0 spiro atoms. The van der Waals surface area contributed by atoms with Crippen molar-refractivity contribution in [1.29, 1.82) is 0 Å². The van der Waals surface area contributed by atoms with Crippen molar-refractivity contribution in [3.8, 4) is 5.88 Å². The van der Waals surface area contributed by atoms with Crippen LogP contribution in [0.5, 0.6) is 5.88 Å². The quantitative estimate of drug-likeness (QED) is 0.424. The van der Waals surface area contributed by atoms with E-state index in [1.807, 2.05) is 6.92 Å². The minimum absolute atomic E-state index is 0.0699. The van der Waals surface area contributed by atoms with Crippen LogP contribution in [0.15, 0.2) is 35.6 Å². The zero-order valence-corrected chi connectivity index (χ0v) is 20.9. The lowest BCUT2D eigenvalue weighted by Gasteiger charge is -2.33. The number of alkyl halides is 4. The van der Waals surface area contributed by atoms with Gasteiger partial charge < -0.3 is 21.1 Å². The number of benzene rings is 1. The van der Waals surface area contributed by atoms with Crippen molar-refractivity contribution in [2.75, 3.05) is 25.1 Å². The van der Waals surface area contributed by atoms with Gasteiger partial charge >= 0.3 is 6.18 Å². The van der Waals surface area contributed by atoms with E-state index in [4.69, 9.17) is 5.73 Å². The second kappa shape index (κ2) is 10.0. The molecule has 0 saturated heterocycles. The summed E-state index contributed by atoms with van der Waals surface area (Å²) in [6.45, 7) is 0.983. The fraction of sp³-hybridized carbons (Fsp3) is 0.435. The lowest BCUT2D eigenvalue weighted by molar-refractivity contribution is -0.154. The number of rotatable bonds is 8. The summed E-state index contributed by atoms with van der Waals surface area (Å²) in [6, 6.07) is 3.79. The SMILES string of the molecule is C[C@H]1C2[C@@]1(C(=O)NCCF)SC(N)=N[C@]2(C)c1cc(NC(=O)c2cnc(OCC(F)(F)F)cn2)ccc1F. The Hall–Kier alpha value is -3.49. The zero-order chi connectivity index (χ0) is 27.9. The minimum Gasteiger partial charge on any atom is -0.467 e. The molecular weight excluding hydrogens is 535 g/mol. The number of fused-ring (bicyclic) bond motifs is 1. The Morgan fingerprint density at radius 1 is 1.24 bits per heavy atom. The van der Waals surface area contributed by atoms with Crippen LogP contribution in [-0.4, -0.2) is 57.7 Å². The maximum absolute atomic E-state index is 15.1. The molecule has 4 N–H and O–H groups in total. The van der Waals surface area contributed by atoms with Gasteiger partial charge in [0.05, 0.1) is 17.9 Å². The average molecular weight is 559 g/mol. The average Bonchev–Trinajstić information content (AvgIpc) is 3.47. The third-order valence-corrected chi connectivity index (χ3v) is 7.95. The van der Waals surface area contributed by atoms with Crippen LogP contribution in [0.25, 0.3) is 0 Å². The highest BCUT2D eigenvalue weighted by molar-refractivity contribution is 8.15. The topological polar surface area (TPSA) is 132 Å². The van der Waals surface area contributed by atoms with E-state index in [0.29, 0.717) is 0 Å². The van der Waals surface area contributed by atoms with E-state index >= 15 is 4.39 Å². The summed E-state index contributed by atoms with van der Waals surface area (Å²) in [5.74, 6) is -2.97. The first kappa shape index (κ1) is 27.5. The number of ether oxygens (including phenoxy) is 1. The molecule has 1 unspecified atom stereocenters. The Labute approximate surface area is 217 Å². The van der Waals surface area contributed by atoms with Crippen molar-refractivity contribution in [2.24, 2.45) is 22.6 Å². The first-order valence-electron chi connectivity index (χ1n) is 11.3. The van der Waals surface area contributed by atoms with Gasteiger partial charge in [0, 0.05) is 23.7 Å². The second-order valence-electron chi connectivity index (χ2n) is 9.00. The number of anilines is 1. The van der Waals surface area contributed by atoms with Crippen LogP contribution >= 0.6 is 11.8 Å². The molecule has 1 aromatic carbocycles. The van der Waals surface area contributed by atoms with Gasteiger partial charge in [-0.2, -0.15) is 13.2 Å². The largest absolute Gasteiger partial charge is 0.467 e. The number of nitrogens with one attached hydrogen (secondary N) is 2. The first-order chi connectivity index (χ1) is 17.8. The molecule has 2 aromatic rings. The molecule has 4 rings (SSSR count). The van der Waals surface area contributed by atoms with Gasteiger partial charge in [0.15, 0.2) is 11.8 Å². The molecule has 1 fully saturated rings. The van der Waals surface area contributed by atoms with Crippen LogP contribution in [0, 0.1) is 17.7 Å². The van der Waals surface area contributed by atoms with E-state index in [-0.39, 0.29) is 34.6 Å². The highest BCUT2D eigenvalue weighted by Crippen LogP contribution is 2.69. The first-order valence-corrected chi connectivity index (χ1v) is 12.1. The van der Waals surface area contributed by atoms with Crippen LogP contribution in [0.3, 0.4) is 0 Å². The number of aromatic nitrogens is 2. The van der Waals surface area contributed by atoms with Gasteiger partial charge in [-0.3, -0.25) is 14.6 Å². The van der Waals surface area contributed by atoms with Gasteiger partial charge in [0.1, 0.15) is 22.9 Å². The van der Waals surface area contributed by atoms with E-state index < -0.39 is 59.2 Å². The summed E-state index contributed by atoms with van der Waals surface area (Å²) in [5, 5.41) is 5.14. The van der Waals surface area contributed by atoms with Crippen molar-refractivity contribution < 1.29 is 36.3 Å². The Morgan fingerprint density at radius 3 is 2.61 bits per heavy atom. The molecule has 4 atom stereocenters. The lowest BCUT2D eigenvalue weighted by Crippen LogP contribution is -2.44. The number of halogens is 5. The molecule has 2 amide bonds. The van der Waals surface area contributed by atoms with Crippen molar-refractivity contribution in [1.82, 2.24) is 15.3 Å². The zero-order valence-electron chi connectivity index (χ0n) is 20.1. The maximum atomic E-state index is 15.1. The summed E-state index contributed by atoms with van der Waals surface area (Å²) in [6.07, 6.45) is -2.75. The molecular formula is C23H23F5N6O3S. The fourth-order valence-electron chi connectivity index (χ4n) is 4.86. The van der Waals surface area contributed by atoms with Crippen LogP contribution in [0.2, 0.25) is 0 Å². The number of hydrogen-bond donors (Lipinski definition) is 3. The molecule has 204 valence electrons. The summed E-state index contributed by atoms with van der Waals surface area (Å²) < 4.78 is 68.1. The van der Waals surface area contributed by atoms with E-state index in [9.17, 15) is 27.2 Å². The van der Waals surface area contributed by atoms with Crippen LogP contribution in [0.4, 0.5) is 27.6 Å². The third kappa shape index (κ3) is 5.11. The Balaban J connectivity index is 1.56. The smallest absolute Gasteiger partial charge is 0.422 e. The van der Waals surface area contributed by atoms with Gasteiger partial charge in [0.2, 0.25) is 11.8 Å². The van der Waals surface area contributed by atoms with E-state index in [1.165, 1.54) is 12.1 Å². The molecule has 0 bridgehead atoms. The fourth-order valence-corrected chi connectivity index (χ4v) is 6.42. The lowest BCUT2D eigenvalue weighted by atomic mass is 9.84. The predicted molar refractivity (Wildman–Crippen MR) is 129 cm³/mol. The summed E-state index contributed by atoms with van der Waals surface area (Å²) in [7, 11) is 0. The molecule has 2 aliphatic rings. The normalized spacial score (nSPS) is 26.1. The van der Waals surface area contributed by atoms with Crippen molar-refractivity contribution >= 4 is 34.4 Å². The Bertz CT molecular complexity index is 1280. The molecule has 1 saturated carbocycles. The molecule has 1 aliphatic heterocycles. The van der Waals surface area contributed by atoms with E-state index in [1.54, 1.807) is 6.92 Å². The number of carbonyl (C=O) groups is 2. The van der Waals surface area contributed by atoms with Gasteiger partial charge in [0.25, 0.3) is 5.91 Å². The standard InChI is InChI=1S/C23H23F5N6O3S/c1-11-17-21(2,34-20(29)38-23(11,17)19(36)30-6-5-24)13-7-12(3-4-14(13)25)33-18(35)15-8-32-16(9-31-15)37-10-22(26,27)28/h3-4,7-9,11,17H,5-6,10H2,1-2H3,(H2,29,34)(H,30,36)(H,33,35)/t11-,17?,21+,23-/m0/s1. The van der Waals surface area contributed by atoms with E-state index in [2.05, 4.69) is 30.3 Å². The number of amides is 2. The minimum atomic E-state index is -4.56. The van der Waals surface area contributed by atoms with Gasteiger partial charge in [-0.1, -0.05) is 18.7 Å². The highest BCUT2D eigenvalue weighted by Gasteiger charge is 2.76. The van der Waals surface area contributed by atoms with Crippen LogP contribution in [-0.2, 0) is 10.3 Å². The van der Waals surface area contributed by atoms with E-state index in [0.717, 1.165) is 30.2 Å². The molecule has 38 heavy (non-hydrogen) atoms. The van der Waals surface area contributed by atoms with Crippen LogP contribution in [0.1, 0.15) is 29.9 Å². The number of hydrogen-bond acceptors (Lipinski definition) is 8. The molecule has 9 nitrogen and oxygen atoms in total. The number of thioether (sulfide) groups is 1. The monoisotopic (exact) mass is 558 g/mol. The summed E-state index contributed by atoms with van der Waals surface area (Å²) in [4.78, 5) is 37.5. The molecule has 1 aliphatic carbocycles. The van der Waals surface area contributed by atoms with Crippen molar-refractivity contribution in [3.63, 3.8) is 0 Å². The number of amidine groups is 1. The number of nitrogens with two attached hydrogens (primary N) is 1. The van der Waals surface area contributed by atoms with Crippen LogP contribution < -0.4 is 21.1 Å². The van der Waals surface area contributed by atoms with Crippen molar-refractivity contribution in [2.45, 2.75) is 30.3 Å². The maximum Gasteiger partial charge on any atom is 0.422 e. The Morgan fingerprint density at radius 2 is 1.97 bits per heavy atom. The molecule has 15 heteroatoms. The van der Waals surface area contributed by atoms with Crippen molar-refractivity contribution in [3.05, 3.63) is 47.7 Å². The van der Waals surface area contributed by atoms with Gasteiger partial charge in [-0.15, -0.1) is 0 Å². The summed E-state index contributed by atoms with van der Waals surface area (Å²) >= 11 is 1.06. The predicted octanol–water partition coefficient (Wildman–Crippen LogP) is 3.18. The number of carbonyl (C=O) groups excluding carboxylic acids is 2. The Kier molecular flexibility index (Phi) is 7.25. The second-order valence-corrected chi connectivity index (χ2v) is 10.3. The molecule has 2 heterocycles. The van der Waals surface area contributed by atoms with Gasteiger partial charge in [-0.05, 0) is 31.0 Å². The molecule has 0 radical (unpaired) electrons. The number of nitrogens with zero attached hydrogens (tertiary/aromatic N) is 3.